The van der Waals surface area contributed by atoms with Crippen LogP contribution in [0.25, 0.3) is 0 Å². The van der Waals surface area contributed by atoms with E-state index < -0.39 is 12.1 Å². The summed E-state index contributed by atoms with van der Waals surface area (Å²) in [4.78, 5) is 3.57. The number of aryl methyl sites for hydroxylation is 1. The monoisotopic (exact) mass is 221 g/mol. The van der Waals surface area contributed by atoms with Crippen LogP contribution in [0.4, 0.5) is 19.0 Å². The highest BCUT2D eigenvalue weighted by atomic mass is 19.4. The van der Waals surface area contributed by atoms with Crippen molar-refractivity contribution in [1.82, 2.24) is 4.98 Å². The van der Waals surface area contributed by atoms with E-state index in [-0.39, 0.29) is 17.9 Å². The fourth-order valence-corrected chi connectivity index (χ4v) is 1.12. The molecule has 4 N–H and O–H groups in total. The van der Waals surface area contributed by atoms with Crippen molar-refractivity contribution in [2.75, 3.05) is 5.73 Å². The summed E-state index contributed by atoms with van der Waals surface area (Å²) in [7, 11) is 0. The van der Waals surface area contributed by atoms with E-state index in [2.05, 4.69) is 9.72 Å². The molecule has 0 fully saturated rings. The molecule has 0 spiro atoms. The topological polar surface area (TPSA) is 74.2 Å². The van der Waals surface area contributed by atoms with Gasteiger partial charge in [-0.25, -0.2) is 4.98 Å². The lowest BCUT2D eigenvalue weighted by Crippen LogP contribution is -2.20. The largest absolute Gasteiger partial charge is 0.573 e. The maximum atomic E-state index is 12.0. The van der Waals surface area contributed by atoms with Crippen molar-refractivity contribution in [3.8, 4) is 5.75 Å². The number of ether oxygens (including phenoxy) is 1. The highest BCUT2D eigenvalue weighted by Gasteiger charge is 2.33. The fraction of sp³-hybridized carbons (Fsp3) is 0.375. The van der Waals surface area contributed by atoms with Gasteiger partial charge >= 0.3 is 6.36 Å². The zero-order chi connectivity index (χ0) is 11.6. The smallest absolute Gasteiger partial charge is 0.401 e. The van der Waals surface area contributed by atoms with Crippen molar-refractivity contribution in [3.05, 3.63) is 17.3 Å². The Morgan fingerprint density at radius 2 is 2.07 bits per heavy atom. The normalized spacial score (nSPS) is 11.5. The number of anilines is 1. The Bertz CT molecular complexity index is 365. The number of rotatable bonds is 2. The van der Waals surface area contributed by atoms with Crippen molar-refractivity contribution >= 4 is 5.82 Å². The third-order valence-corrected chi connectivity index (χ3v) is 1.80. The van der Waals surface area contributed by atoms with Crippen LogP contribution in [0.3, 0.4) is 0 Å². The predicted molar refractivity (Wildman–Crippen MR) is 48.0 cm³/mol. The summed E-state index contributed by atoms with van der Waals surface area (Å²) in [6.45, 7) is 1.49. The lowest BCUT2D eigenvalue weighted by molar-refractivity contribution is -0.274. The third-order valence-electron chi connectivity index (χ3n) is 1.80. The zero-order valence-corrected chi connectivity index (χ0v) is 7.93. The first kappa shape index (κ1) is 11.6. The second-order valence-electron chi connectivity index (χ2n) is 2.89. The van der Waals surface area contributed by atoms with Crippen LogP contribution >= 0.6 is 0 Å². The number of nitrogens with two attached hydrogens (primary N) is 2. The number of hydrogen-bond acceptors (Lipinski definition) is 4. The Morgan fingerprint density at radius 3 is 2.53 bits per heavy atom. The zero-order valence-electron chi connectivity index (χ0n) is 7.93. The minimum atomic E-state index is -4.80. The van der Waals surface area contributed by atoms with Gasteiger partial charge in [0.05, 0.1) is 0 Å². The minimum absolute atomic E-state index is 0.0933. The molecule has 1 rings (SSSR count). The first-order chi connectivity index (χ1) is 6.85. The van der Waals surface area contributed by atoms with Gasteiger partial charge in [0.1, 0.15) is 0 Å². The van der Waals surface area contributed by atoms with Crippen LogP contribution < -0.4 is 16.2 Å². The summed E-state index contributed by atoms with van der Waals surface area (Å²) in [6, 6.07) is 0. The van der Waals surface area contributed by atoms with Crippen LogP contribution in [0.15, 0.2) is 6.20 Å². The molecule has 0 bridgehead atoms. The summed E-state index contributed by atoms with van der Waals surface area (Å²) in [6.07, 6.45) is -3.45. The molecule has 0 atom stereocenters. The Hall–Kier alpha value is -1.50. The molecule has 0 saturated heterocycles. The molecule has 0 unspecified atom stereocenters. The summed E-state index contributed by atoms with van der Waals surface area (Å²) < 4.78 is 39.8. The standard InChI is InChI=1S/C8H10F3N3O/c1-4-3-14-7(13)6(5(4)2-12)15-8(9,10)11/h3H,2,12H2,1H3,(H2,13,14). The summed E-state index contributed by atoms with van der Waals surface area (Å²) in [5.41, 5.74) is 11.3. The molecule has 0 aliphatic carbocycles. The number of aromatic nitrogens is 1. The SMILES string of the molecule is Cc1cnc(N)c(OC(F)(F)F)c1CN. The molecule has 0 radical (unpaired) electrons. The molecule has 0 aromatic carbocycles. The molecule has 4 nitrogen and oxygen atoms in total. The van der Waals surface area contributed by atoms with E-state index in [1.807, 2.05) is 0 Å². The highest BCUT2D eigenvalue weighted by Crippen LogP contribution is 2.31. The average molecular weight is 221 g/mol. The second-order valence-corrected chi connectivity index (χ2v) is 2.89. The number of pyridine rings is 1. The van der Waals surface area contributed by atoms with E-state index in [1.54, 1.807) is 6.92 Å². The molecule has 0 aliphatic rings. The van der Waals surface area contributed by atoms with Crippen LogP contribution in [0.2, 0.25) is 0 Å². The van der Waals surface area contributed by atoms with Gasteiger partial charge in [-0.3, -0.25) is 0 Å². The van der Waals surface area contributed by atoms with E-state index in [1.165, 1.54) is 6.20 Å². The number of alkyl halides is 3. The molecular formula is C8H10F3N3O. The first-order valence-electron chi connectivity index (χ1n) is 4.05. The van der Waals surface area contributed by atoms with Crippen LogP contribution in [0, 0.1) is 6.92 Å². The fourth-order valence-electron chi connectivity index (χ4n) is 1.12. The van der Waals surface area contributed by atoms with Gasteiger partial charge in [0.15, 0.2) is 11.6 Å². The second kappa shape index (κ2) is 3.93. The summed E-state index contributed by atoms with van der Waals surface area (Å²) >= 11 is 0. The molecule has 7 heteroatoms. The first-order valence-corrected chi connectivity index (χ1v) is 4.05. The van der Waals surface area contributed by atoms with Crippen LogP contribution in [-0.4, -0.2) is 11.3 Å². The van der Waals surface area contributed by atoms with E-state index in [9.17, 15) is 13.2 Å². The van der Waals surface area contributed by atoms with Crippen molar-refractivity contribution < 1.29 is 17.9 Å². The number of nitrogens with zero attached hydrogens (tertiary/aromatic N) is 1. The lowest BCUT2D eigenvalue weighted by Gasteiger charge is -2.15. The molecule has 15 heavy (non-hydrogen) atoms. The molecule has 1 aromatic heterocycles. The van der Waals surface area contributed by atoms with E-state index in [4.69, 9.17) is 11.5 Å². The lowest BCUT2D eigenvalue weighted by atomic mass is 10.1. The maximum Gasteiger partial charge on any atom is 0.573 e. The van der Waals surface area contributed by atoms with Crippen molar-refractivity contribution in [2.24, 2.45) is 5.73 Å². The predicted octanol–water partition coefficient (Wildman–Crippen LogP) is 1.33. The van der Waals surface area contributed by atoms with Gasteiger partial charge in [-0.05, 0) is 12.5 Å². The number of hydrogen-bond donors (Lipinski definition) is 2. The van der Waals surface area contributed by atoms with Crippen LogP contribution in [-0.2, 0) is 6.54 Å². The summed E-state index contributed by atoms with van der Waals surface area (Å²) in [5, 5.41) is 0. The van der Waals surface area contributed by atoms with Gasteiger partial charge < -0.3 is 16.2 Å². The van der Waals surface area contributed by atoms with Gasteiger partial charge in [-0.1, -0.05) is 0 Å². The molecule has 0 aliphatic heterocycles. The average Bonchev–Trinajstić information content (AvgIpc) is 2.10. The van der Waals surface area contributed by atoms with Crippen LogP contribution in [0.5, 0.6) is 5.75 Å². The molecule has 0 amide bonds. The molecule has 1 heterocycles. The maximum absolute atomic E-state index is 12.0. The van der Waals surface area contributed by atoms with Gasteiger partial charge in [-0.2, -0.15) is 0 Å². The van der Waals surface area contributed by atoms with Gasteiger partial charge in [0, 0.05) is 18.3 Å². The third kappa shape index (κ3) is 2.72. The van der Waals surface area contributed by atoms with E-state index in [0.717, 1.165) is 0 Å². The highest BCUT2D eigenvalue weighted by molar-refractivity contribution is 5.53. The molecule has 1 aromatic rings. The van der Waals surface area contributed by atoms with E-state index in [0.29, 0.717) is 5.56 Å². The Labute approximate surface area is 84.0 Å². The van der Waals surface area contributed by atoms with E-state index >= 15 is 0 Å². The van der Waals surface area contributed by atoms with Gasteiger partial charge in [0.25, 0.3) is 0 Å². The van der Waals surface area contributed by atoms with Crippen molar-refractivity contribution in [3.63, 3.8) is 0 Å². The Kier molecular flexibility index (Phi) is 3.04. The van der Waals surface area contributed by atoms with Gasteiger partial charge in [-0.15, -0.1) is 13.2 Å². The molecular weight excluding hydrogens is 211 g/mol. The Morgan fingerprint density at radius 1 is 1.47 bits per heavy atom. The quantitative estimate of drug-likeness (QED) is 0.790. The number of halogens is 3. The van der Waals surface area contributed by atoms with Crippen molar-refractivity contribution in [2.45, 2.75) is 19.8 Å². The summed E-state index contributed by atoms with van der Waals surface area (Å²) in [5.74, 6) is -0.830. The van der Waals surface area contributed by atoms with Crippen molar-refractivity contribution in [1.29, 1.82) is 0 Å². The Balaban J connectivity index is 3.20. The molecule has 84 valence electrons. The number of nitrogen functional groups attached to an aromatic ring is 1. The van der Waals surface area contributed by atoms with Crippen LogP contribution in [0.1, 0.15) is 11.1 Å². The molecule has 0 saturated carbocycles. The van der Waals surface area contributed by atoms with Gasteiger partial charge in [0.2, 0.25) is 0 Å². The minimum Gasteiger partial charge on any atom is -0.401 e.